The van der Waals surface area contributed by atoms with E-state index in [0.29, 0.717) is 5.75 Å². The summed E-state index contributed by atoms with van der Waals surface area (Å²) in [5.74, 6) is -0.640. The third-order valence-electron chi connectivity index (χ3n) is 2.90. The first-order valence-corrected chi connectivity index (χ1v) is 6.22. The van der Waals surface area contributed by atoms with E-state index < -0.39 is 17.6 Å². The molecule has 0 aromatic carbocycles. The minimum Gasteiger partial charge on any atom is -0.480 e. The van der Waals surface area contributed by atoms with Crippen LogP contribution in [0.25, 0.3) is 0 Å². The average Bonchev–Trinajstić information content (AvgIpc) is 2.59. The summed E-state index contributed by atoms with van der Waals surface area (Å²) >= 11 is 1.49. The Morgan fingerprint density at radius 1 is 1.50 bits per heavy atom. The SMILES string of the molecule is CNC(C)(C)C(=O)N1C(C)SCC1C(=O)O. The van der Waals surface area contributed by atoms with Crippen LogP contribution in [0, 0.1) is 0 Å². The Kier molecular flexibility index (Phi) is 3.85. The summed E-state index contributed by atoms with van der Waals surface area (Å²) < 4.78 is 0. The van der Waals surface area contributed by atoms with Crippen molar-refractivity contribution in [2.75, 3.05) is 12.8 Å². The maximum absolute atomic E-state index is 12.2. The number of rotatable bonds is 3. The Hall–Kier alpha value is -0.750. The zero-order valence-corrected chi connectivity index (χ0v) is 10.8. The minimum absolute atomic E-state index is 0.0822. The summed E-state index contributed by atoms with van der Waals surface area (Å²) in [5, 5.41) is 11.9. The Labute approximate surface area is 99.6 Å². The highest BCUT2D eigenvalue weighted by molar-refractivity contribution is 8.00. The summed E-state index contributed by atoms with van der Waals surface area (Å²) in [4.78, 5) is 24.7. The largest absolute Gasteiger partial charge is 0.480 e. The molecule has 0 aliphatic carbocycles. The van der Waals surface area contributed by atoms with Crippen LogP contribution in [0.3, 0.4) is 0 Å². The zero-order valence-electron chi connectivity index (χ0n) is 9.98. The van der Waals surface area contributed by atoms with Gasteiger partial charge >= 0.3 is 5.97 Å². The Balaban J connectivity index is 2.92. The number of nitrogens with zero attached hydrogens (tertiary/aromatic N) is 1. The van der Waals surface area contributed by atoms with Crippen molar-refractivity contribution in [2.24, 2.45) is 0 Å². The van der Waals surface area contributed by atoms with Gasteiger partial charge in [0.1, 0.15) is 6.04 Å². The molecule has 6 heteroatoms. The van der Waals surface area contributed by atoms with Crippen LogP contribution in [0.1, 0.15) is 20.8 Å². The van der Waals surface area contributed by atoms with Gasteiger partial charge < -0.3 is 15.3 Å². The standard InChI is InChI=1S/C10H18N2O3S/c1-6-12(7(5-16-6)8(13)14)9(15)10(2,3)11-4/h6-7,11H,5H2,1-4H3,(H,13,14). The van der Waals surface area contributed by atoms with Crippen LogP contribution < -0.4 is 5.32 Å². The molecule has 2 atom stereocenters. The maximum atomic E-state index is 12.2. The number of aliphatic carboxylic acids is 1. The van der Waals surface area contributed by atoms with Gasteiger partial charge in [-0.05, 0) is 27.8 Å². The van der Waals surface area contributed by atoms with Crippen molar-refractivity contribution in [2.45, 2.75) is 37.7 Å². The van der Waals surface area contributed by atoms with Gasteiger partial charge in [-0.2, -0.15) is 0 Å². The third kappa shape index (κ3) is 2.32. The topological polar surface area (TPSA) is 69.6 Å². The number of carboxylic acids is 1. The van der Waals surface area contributed by atoms with E-state index in [-0.39, 0.29) is 11.3 Å². The lowest BCUT2D eigenvalue weighted by molar-refractivity contribution is -0.151. The molecule has 2 unspecified atom stereocenters. The lowest BCUT2D eigenvalue weighted by Crippen LogP contribution is -2.57. The fourth-order valence-corrected chi connectivity index (χ4v) is 2.74. The molecule has 0 radical (unpaired) electrons. The Morgan fingerprint density at radius 3 is 2.50 bits per heavy atom. The molecular weight excluding hydrogens is 228 g/mol. The molecule has 0 spiro atoms. The highest BCUT2D eigenvalue weighted by atomic mass is 32.2. The van der Waals surface area contributed by atoms with Crippen LogP contribution in [0.5, 0.6) is 0 Å². The van der Waals surface area contributed by atoms with Crippen LogP contribution in [0.15, 0.2) is 0 Å². The van der Waals surface area contributed by atoms with Crippen molar-refractivity contribution in [1.82, 2.24) is 10.2 Å². The number of amides is 1. The molecule has 5 nitrogen and oxygen atoms in total. The van der Waals surface area contributed by atoms with Gasteiger partial charge in [-0.3, -0.25) is 4.79 Å². The molecule has 1 amide bonds. The monoisotopic (exact) mass is 246 g/mol. The molecule has 1 aliphatic heterocycles. The number of nitrogens with one attached hydrogen (secondary N) is 1. The second kappa shape index (κ2) is 4.63. The quantitative estimate of drug-likeness (QED) is 0.752. The number of carbonyl (C=O) groups is 2. The Bertz CT molecular complexity index is 306. The highest BCUT2D eigenvalue weighted by Gasteiger charge is 2.43. The third-order valence-corrected chi connectivity index (χ3v) is 4.12. The van der Waals surface area contributed by atoms with Gasteiger partial charge in [-0.25, -0.2) is 4.79 Å². The van der Waals surface area contributed by atoms with Gasteiger partial charge in [0, 0.05) is 5.75 Å². The van der Waals surface area contributed by atoms with Gasteiger partial charge in [-0.15, -0.1) is 11.8 Å². The predicted octanol–water partition coefficient (Wildman–Crippen LogP) is 0.359. The first-order valence-electron chi connectivity index (χ1n) is 5.17. The molecule has 1 aliphatic rings. The van der Waals surface area contributed by atoms with E-state index in [1.165, 1.54) is 16.7 Å². The molecule has 1 rings (SSSR count). The predicted molar refractivity (Wildman–Crippen MR) is 63.3 cm³/mol. The van der Waals surface area contributed by atoms with Crippen LogP contribution >= 0.6 is 11.8 Å². The molecular formula is C10H18N2O3S. The Morgan fingerprint density at radius 2 is 2.06 bits per heavy atom. The minimum atomic E-state index is -0.933. The lowest BCUT2D eigenvalue weighted by Gasteiger charge is -2.33. The van der Waals surface area contributed by atoms with Crippen molar-refractivity contribution in [3.05, 3.63) is 0 Å². The summed E-state index contributed by atoms with van der Waals surface area (Å²) in [7, 11) is 1.70. The van der Waals surface area contributed by atoms with Crippen LogP contribution in [-0.2, 0) is 9.59 Å². The number of carboxylic acid groups (broad SMARTS) is 1. The van der Waals surface area contributed by atoms with E-state index in [0.717, 1.165) is 0 Å². The fourth-order valence-electron chi connectivity index (χ4n) is 1.57. The van der Waals surface area contributed by atoms with E-state index >= 15 is 0 Å². The second-order valence-corrected chi connectivity index (χ2v) is 5.72. The van der Waals surface area contributed by atoms with Crippen LogP contribution in [0.2, 0.25) is 0 Å². The molecule has 0 bridgehead atoms. The van der Waals surface area contributed by atoms with Crippen LogP contribution in [-0.4, -0.2) is 51.6 Å². The highest BCUT2D eigenvalue weighted by Crippen LogP contribution is 2.30. The number of hydrogen-bond acceptors (Lipinski definition) is 4. The lowest BCUT2D eigenvalue weighted by atomic mass is 10.0. The molecule has 92 valence electrons. The van der Waals surface area contributed by atoms with Gasteiger partial charge in [0.2, 0.25) is 5.91 Å². The average molecular weight is 246 g/mol. The number of carbonyl (C=O) groups excluding carboxylic acids is 1. The second-order valence-electron chi connectivity index (χ2n) is 4.37. The molecule has 0 aromatic heterocycles. The van der Waals surface area contributed by atoms with Crippen molar-refractivity contribution >= 4 is 23.6 Å². The molecule has 1 saturated heterocycles. The van der Waals surface area contributed by atoms with E-state index in [2.05, 4.69) is 5.32 Å². The fraction of sp³-hybridized carbons (Fsp3) is 0.800. The van der Waals surface area contributed by atoms with E-state index in [1.54, 1.807) is 20.9 Å². The first-order chi connectivity index (χ1) is 7.31. The summed E-state index contributed by atoms with van der Waals surface area (Å²) in [6, 6.07) is -0.708. The van der Waals surface area contributed by atoms with E-state index in [1.807, 2.05) is 6.92 Å². The van der Waals surface area contributed by atoms with Gasteiger partial charge in [0.15, 0.2) is 0 Å². The molecule has 0 aromatic rings. The smallest absolute Gasteiger partial charge is 0.327 e. The molecule has 0 saturated carbocycles. The molecule has 2 N–H and O–H groups in total. The van der Waals surface area contributed by atoms with Gasteiger partial charge in [-0.1, -0.05) is 0 Å². The summed E-state index contributed by atoms with van der Waals surface area (Å²) in [6.45, 7) is 5.37. The number of likely N-dealkylation sites (N-methyl/N-ethyl adjacent to an activating group) is 1. The van der Waals surface area contributed by atoms with Crippen molar-refractivity contribution in [1.29, 1.82) is 0 Å². The van der Waals surface area contributed by atoms with Crippen molar-refractivity contribution in [3.63, 3.8) is 0 Å². The van der Waals surface area contributed by atoms with Crippen molar-refractivity contribution < 1.29 is 14.7 Å². The first kappa shape index (κ1) is 13.3. The molecule has 16 heavy (non-hydrogen) atoms. The summed E-state index contributed by atoms with van der Waals surface area (Å²) in [5.41, 5.74) is -0.729. The molecule has 1 fully saturated rings. The normalized spacial score (nSPS) is 25.9. The molecule has 1 heterocycles. The van der Waals surface area contributed by atoms with Crippen LogP contribution in [0.4, 0.5) is 0 Å². The van der Waals surface area contributed by atoms with Gasteiger partial charge in [0.25, 0.3) is 0 Å². The van der Waals surface area contributed by atoms with Crippen molar-refractivity contribution in [3.8, 4) is 0 Å². The number of thioether (sulfide) groups is 1. The van der Waals surface area contributed by atoms with E-state index in [4.69, 9.17) is 5.11 Å². The van der Waals surface area contributed by atoms with Gasteiger partial charge in [0.05, 0.1) is 10.9 Å². The maximum Gasteiger partial charge on any atom is 0.327 e. The summed E-state index contributed by atoms with van der Waals surface area (Å²) in [6.07, 6.45) is 0. The van der Waals surface area contributed by atoms with E-state index in [9.17, 15) is 9.59 Å². The number of hydrogen-bond donors (Lipinski definition) is 2. The zero-order chi connectivity index (χ0) is 12.5.